The van der Waals surface area contributed by atoms with Crippen LogP contribution in [0.3, 0.4) is 0 Å². The van der Waals surface area contributed by atoms with Crippen LogP contribution in [0.25, 0.3) is 10.8 Å². The van der Waals surface area contributed by atoms with Gasteiger partial charge in [-0.3, -0.25) is 4.79 Å². The van der Waals surface area contributed by atoms with Crippen LogP contribution in [-0.2, 0) is 0 Å². The Morgan fingerprint density at radius 3 is 2.50 bits per heavy atom. The average Bonchev–Trinajstić information content (AvgIpc) is 2.51. The molecule has 0 N–H and O–H groups in total. The predicted octanol–water partition coefficient (Wildman–Crippen LogP) is 5.78. The molecular formula is C20H26O2. The first-order valence-corrected chi connectivity index (χ1v) is 8.31. The summed E-state index contributed by atoms with van der Waals surface area (Å²) in [6.45, 7) is 5.96. The largest absolute Gasteiger partial charge is 0.491 e. The van der Waals surface area contributed by atoms with E-state index in [1.165, 1.54) is 25.7 Å². The van der Waals surface area contributed by atoms with E-state index in [9.17, 15) is 4.79 Å². The predicted molar refractivity (Wildman–Crippen MR) is 92.8 cm³/mol. The van der Waals surface area contributed by atoms with Crippen molar-refractivity contribution in [3.05, 3.63) is 42.0 Å². The third-order valence-electron chi connectivity index (χ3n) is 4.02. The second-order valence-electron chi connectivity index (χ2n) is 6.06. The highest BCUT2D eigenvalue weighted by Crippen LogP contribution is 2.24. The van der Waals surface area contributed by atoms with Gasteiger partial charge in [-0.05, 0) is 55.7 Å². The molecule has 0 heterocycles. The molecule has 2 aromatic carbocycles. The maximum atomic E-state index is 11.4. The molecule has 0 aromatic heterocycles. The lowest BCUT2D eigenvalue weighted by Crippen LogP contribution is -2.11. The fraction of sp³-hybridized carbons (Fsp3) is 0.450. The normalized spacial score (nSPS) is 12.3. The number of ether oxygens (including phenoxy) is 1. The van der Waals surface area contributed by atoms with Gasteiger partial charge in [0.2, 0.25) is 0 Å². The maximum Gasteiger partial charge on any atom is 0.159 e. The van der Waals surface area contributed by atoms with E-state index in [1.807, 2.05) is 30.3 Å². The zero-order chi connectivity index (χ0) is 15.9. The molecule has 0 aliphatic heterocycles. The summed E-state index contributed by atoms with van der Waals surface area (Å²) < 4.78 is 6.01. The van der Waals surface area contributed by atoms with Crippen molar-refractivity contribution in [2.45, 2.75) is 59.0 Å². The summed E-state index contributed by atoms with van der Waals surface area (Å²) in [5, 5.41) is 2.19. The Morgan fingerprint density at radius 2 is 1.77 bits per heavy atom. The van der Waals surface area contributed by atoms with Crippen LogP contribution in [0.4, 0.5) is 0 Å². The third-order valence-corrected chi connectivity index (χ3v) is 4.02. The first-order chi connectivity index (χ1) is 10.6. The van der Waals surface area contributed by atoms with Crippen LogP contribution in [0, 0.1) is 0 Å². The molecule has 0 aliphatic carbocycles. The van der Waals surface area contributed by atoms with Gasteiger partial charge in [0.15, 0.2) is 5.78 Å². The third kappa shape index (κ3) is 4.59. The lowest BCUT2D eigenvalue weighted by atomic mass is 10.0. The van der Waals surface area contributed by atoms with Crippen LogP contribution in [-0.4, -0.2) is 11.9 Å². The number of carbonyl (C=O) groups excluding carboxylic acids is 1. The van der Waals surface area contributed by atoms with Crippen molar-refractivity contribution in [2.75, 3.05) is 0 Å². The van der Waals surface area contributed by atoms with E-state index in [2.05, 4.69) is 19.9 Å². The number of Topliss-reactive ketones (excluding diaryl/α,β-unsaturated/α-hetero) is 1. The van der Waals surface area contributed by atoms with Crippen LogP contribution in [0.5, 0.6) is 5.75 Å². The Morgan fingerprint density at radius 1 is 1.05 bits per heavy atom. The topological polar surface area (TPSA) is 26.3 Å². The summed E-state index contributed by atoms with van der Waals surface area (Å²) in [7, 11) is 0. The minimum atomic E-state index is 0.0999. The monoisotopic (exact) mass is 298 g/mol. The number of unbranched alkanes of at least 4 members (excludes halogenated alkanes) is 3. The molecule has 2 nitrogen and oxygen atoms in total. The van der Waals surface area contributed by atoms with Gasteiger partial charge in [0.05, 0.1) is 6.10 Å². The van der Waals surface area contributed by atoms with E-state index in [1.54, 1.807) is 6.92 Å². The fourth-order valence-corrected chi connectivity index (χ4v) is 2.67. The summed E-state index contributed by atoms with van der Waals surface area (Å²) in [4.78, 5) is 11.4. The number of carbonyl (C=O) groups is 1. The van der Waals surface area contributed by atoms with Gasteiger partial charge in [0.25, 0.3) is 0 Å². The second kappa shape index (κ2) is 7.98. The number of rotatable bonds is 8. The number of fused-ring (bicyclic) bond motifs is 1. The molecule has 0 radical (unpaired) electrons. The molecule has 0 saturated carbocycles. The van der Waals surface area contributed by atoms with Crippen LogP contribution in [0.2, 0.25) is 0 Å². The van der Waals surface area contributed by atoms with Crippen molar-refractivity contribution in [3.63, 3.8) is 0 Å². The van der Waals surface area contributed by atoms with Gasteiger partial charge in [-0.25, -0.2) is 0 Å². The second-order valence-corrected chi connectivity index (χ2v) is 6.06. The SMILES string of the molecule is CCCCCCC(C)Oc1ccc2cc(C(C)=O)ccc2c1. The highest BCUT2D eigenvalue weighted by molar-refractivity contribution is 5.98. The summed E-state index contributed by atoms with van der Waals surface area (Å²) >= 11 is 0. The highest BCUT2D eigenvalue weighted by atomic mass is 16.5. The van der Waals surface area contributed by atoms with Crippen LogP contribution in [0.1, 0.15) is 63.2 Å². The Balaban J connectivity index is 2.00. The average molecular weight is 298 g/mol. The summed E-state index contributed by atoms with van der Waals surface area (Å²) in [6, 6.07) is 11.9. The lowest BCUT2D eigenvalue weighted by Gasteiger charge is -2.15. The molecule has 22 heavy (non-hydrogen) atoms. The zero-order valence-electron chi connectivity index (χ0n) is 13.9. The molecule has 0 bridgehead atoms. The van der Waals surface area contributed by atoms with Crippen molar-refractivity contribution in [1.29, 1.82) is 0 Å². The zero-order valence-corrected chi connectivity index (χ0v) is 13.9. The van der Waals surface area contributed by atoms with Crippen molar-refractivity contribution in [3.8, 4) is 5.75 Å². The Hall–Kier alpha value is -1.83. The van der Waals surface area contributed by atoms with E-state index in [0.29, 0.717) is 0 Å². The lowest BCUT2D eigenvalue weighted by molar-refractivity contribution is 0.101. The molecular weight excluding hydrogens is 272 g/mol. The Labute approximate surface area is 133 Å². The fourth-order valence-electron chi connectivity index (χ4n) is 2.67. The van der Waals surface area contributed by atoms with Crippen molar-refractivity contribution in [2.24, 2.45) is 0 Å². The van der Waals surface area contributed by atoms with E-state index in [4.69, 9.17) is 4.74 Å². The molecule has 1 unspecified atom stereocenters. The minimum absolute atomic E-state index is 0.0999. The van der Waals surface area contributed by atoms with Crippen LogP contribution >= 0.6 is 0 Å². The molecule has 118 valence electrons. The van der Waals surface area contributed by atoms with E-state index in [-0.39, 0.29) is 11.9 Å². The standard InChI is InChI=1S/C20H26O2/c1-4-5-6-7-8-15(2)22-20-12-11-18-13-17(16(3)21)9-10-19(18)14-20/h9-15H,4-8H2,1-3H3. The van der Waals surface area contributed by atoms with Gasteiger partial charge in [-0.2, -0.15) is 0 Å². The summed E-state index contributed by atoms with van der Waals surface area (Å²) in [5.41, 5.74) is 0.755. The molecule has 2 rings (SSSR count). The first-order valence-electron chi connectivity index (χ1n) is 8.31. The van der Waals surface area contributed by atoms with Gasteiger partial charge in [-0.1, -0.05) is 44.4 Å². The van der Waals surface area contributed by atoms with Crippen molar-refractivity contribution < 1.29 is 9.53 Å². The summed E-state index contributed by atoms with van der Waals surface area (Å²) in [6.07, 6.45) is 6.43. The van der Waals surface area contributed by atoms with E-state index >= 15 is 0 Å². The molecule has 0 amide bonds. The Kier molecular flexibility index (Phi) is 6.00. The molecule has 0 saturated heterocycles. The van der Waals surface area contributed by atoms with Gasteiger partial charge in [0.1, 0.15) is 5.75 Å². The first kappa shape index (κ1) is 16.5. The molecule has 2 heteroatoms. The molecule has 2 aromatic rings. The van der Waals surface area contributed by atoms with Crippen LogP contribution in [0.15, 0.2) is 36.4 Å². The number of benzene rings is 2. The van der Waals surface area contributed by atoms with Crippen LogP contribution < -0.4 is 4.74 Å². The van der Waals surface area contributed by atoms with Crippen molar-refractivity contribution >= 4 is 16.6 Å². The van der Waals surface area contributed by atoms with Gasteiger partial charge < -0.3 is 4.74 Å². The molecule has 0 aliphatic rings. The molecule has 0 spiro atoms. The smallest absolute Gasteiger partial charge is 0.159 e. The number of ketones is 1. The summed E-state index contributed by atoms with van der Waals surface area (Å²) in [5.74, 6) is 1.01. The van der Waals surface area contributed by atoms with Gasteiger partial charge in [0, 0.05) is 5.56 Å². The number of hydrogen-bond acceptors (Lipinski definition) is 2. The molecule has 0 fully saturated rings. The quantitative estimate of drug-likeness (QED) is 0.456. The van der Waals surface area contributed by atoms with Gasteiger partial charge >= 0.3 is 0 Å². The molecule has 1 atom stereocenters. The van der Waals surface area contributed by atoms with Crippen molar-refractivity contribution in [1.82, 2.24) is 0 Å². The minimum Gasteiger partial charge on any atom is -0.491 e. The van der Waals surface area contributed by atoms with E-state index < -0.39 is 0 Å². The van der Waals surface area contributed by atoms with E-state index in [0.717, 1.165) is 28.5 Å². The highest BCUT2D eigenvalue weighted by Gasteiger charge is 2.06. The Bertz CT molecular complexity index is 631. The maximum absolute atomic E-state index is 11.4. The number of hydrogen-bond donors (Lipinski definition) is 0. The van der Waals surface area contributed by atoms with Gasteiger partial charge in [-0.15, -0.1) is 0 Å².